The van der Waals surface area contributed by atoms with Crippen molar-refractivity contribution in [2.24, 2.45) is 5.92 Å². The van der Waals surface area contributed by atoms with Crippen LogP contribution in [0.3, 0.4) is 0 Å². The van der Waals surface area contributed by atoms with Gasteiger partial charge in [-0.25, -0.2) is 0 Å². The van der Waals surface area contributed by atoms with Crippen LogP contribution in [0.5, 0.6) is 0 Å². The molecule has 25 heavy (non-hydrogen) atoms. The molecule has 4 nitrogen and oxygen atoms in total. The normalized spacial score (nSPS) is 20.4. The minimum Gasteiger partial charge on any atom is -0.391 e. The van der Waals surface area contributed by atoms with Crippen LogP contribution in [0.15, 0.2) is 54.9 Å². The molecule has 4 heteroatoms. The summed E-state index contributed by atoms with van der Waals surface area (Å²) >= 11 is 0. The molecule has 2 aromatic rings. The average molecular weight is 338 g/mol. The highest BCUT2D eigenvalue weighted by molar-refractivity contribution is 5.76. The van der Waals surface area contributed by atoms with Crippen LogP contribution in [0.25, 0.3) is 0 Å². The highest BCUT2D eigenvalue weighted by Crippen LogP contribution is 2.23. The Labute approximate surface area is 149 Å². The van der Waals surface area contributed by atoms with Crippen molar-refractivity contribution < 1.29 is 9.90 Å². The Hall–Kier alpha value is -2.20. The maximum absolute atomic E-state index is 12.4. The van der Waals surface area contributed by atoms with Crippen LogP contribution < -0.4 is 0 Å². The number of benzene rings is 1. The molecule has 0 saturated carbocycles. The Morgan fingerprint density at radius 1 is 1.12 bits per heavy atom. The first kappa shape index (κ1) is 17.6. The molecule has 2 heterocycles. The third kappa shape index (κ3) is 5.13. The molecule has 1 saturated heterocycles. The lowest BCUT2D eigenvalue weighted by molar-refractivity contribution is -0.135. The molecule has 1 fully saturated rings. The van der Waals surface area contributed by atoms with Gasteiger partial charge < -0.3 is 10.0 Å². The van der Waals surface area contributed by atoms with Crippen molar-refractivity contribution in [1.29, 1.82) is 0 Å². The van der Waals surface area contributed by atoms with Crippen molar-refractivity contribution in [3.05, 3.63) is 66.0 Å². The van der Waals surface area contributed by atoms with Crippen LogP contribution in [-0.2, 0) is 17.6 Å². The van der Waals surface area contributed by atoms with Crippen LogP contribution in [0, 0.1) is 5.92 Å². The highest BCUT2D eigenvalue weighted by atomic mass is 16.3. The summed E-state index contributed by atoms with van der Waals surface area (Å²) < 4.78 is 0. The molecular weight excluding hydrogens is 312 g/mol. The first-order chi connectivity index (χ1) is 12.2. The third-order valence-electron chi connectivity index (χ3n) is 5.02. The van der Waals surface area contributed by atoms with E-state index in [9.17, 15) is 9.90 Å². The summed E-state index contributed by atoms with van der Waals surface area (Å²) in [6.07, 6.45) is 7.15. The minimum atomic E-state index is -0.432. The zero-order valence-corrected chi connectivity index (χ0v) is 14.6. The van der Waals surface area contributed by atoms with E-state index in [0.717, 1.165) is 32.2 Å². The van der Waals surface area contributed by atoms with E-state index in [-0.39, 0.29) is 11.8 Å². The van der Waals surface area contributed by atoms with Gasteiger partial charge in [0, 0.05) is 31.9 Å². The lowest BCUT2D eigenvalue weighted by atomic mass is 9.87. The fourth-order valence-electron chi connectivity index (χ4n) is 3.51. The molecule has 0 bridgehead atoms. The van der Waals surface area contributed by atoms with Gasteiger partial charge in [0.2, 0.25) is 5.91 Å². The maximum Gasteiger partial charge on any atom is 0.222 e. The average Bonchev–Trinajstić information content (AvgIpc) is 2.65. The molecule has 0 spiro atoms. The van der Waals surface area contributed by atoms with Crippen molar-refractivity contribution in [3.63, 3.8) is 0 Å². The number of likely N-dealkylation sites (tertiary alicyclic amines) is 1. The molecule has 1 aliphatic heterocycles. The Balaban J connectivity index is 1.43. The van der Waals surface area contributed by atoms with Crippen molar-refractivity contribution in [1.82, 2.24) is 9.88 Å². The van der Waals surface area contributed by atoms with Crippen molar-refractivity contribution >= 4 is 5.91 Å². The van der Waals surface area contributed by atoms with Gasteiger partial charge in [-0.05, 0) is 54.9 Å². The molecule has 1 amide bonds. The predicted octanol–water partition coefficient (Wildman–Crippen LogP) is 2.86. The van der Waals surface area contributed by atoms with Gasteiger partial charge >= 0.3 is 0 Å². The molecule has 0 unspecified atom stereocenters. The number of amides is 1. The van der Waals surface area contributed by atoms with Gasteiger partial charge in [0.05, 0.1) is 6.10 Å². The van der Waals surface area contributed by atoms with E-state index in [1.807, 2.05) is 35.2 Å². The number of pyridine rings is 1. The molecule has 0 aliphatic carbocycles. The van der Waals surface area contributed by atoms with E-state index in [0.29, 0.717) is 13.0 Å². The Morgan fingerprint density at radius 2 is 1.88 bits per heavy atom. The Morgan fingerprint density at radius 3 is 2.60 bits per heavy atom. The van der Waals surface area contributed by atoms with Crippen LogP contribution in [0.4, 0.5) is 0 Å². The fraction of sp³-hybridized carbons (Fsp3) is 0.429. The molecule has 0 radical (unpaired) electrons. The largest absolute Gasteiger partial charge is 0.391 e. The zero-order valence-electron chi connectivity index (χ0n) is 14.6. The number of rotatable bonds is 6. The highest BCUT2D eigenvalue weighted by Gasteiger charge is 2.29. The first-order valence-corrected chi connectivity index (χ1v) is 9.11. The SMILES string of the molecule is O=C(CCCc1ccncc1)N1CC[C@H](Cc2ccccc2)[C@H](O)C1. The molecule has 2 atom stereocenters. The van der Waals surface area contributed by atoms with E-state index in [1.54, 1.807) is 12.4 Å². The lowest BCUT2D eigenvalue weighted by Gasteiger charge is -2.36. The van der Waals surface area contributed by atoms with Crippen LogP contribution in [0.1, 0.15) is 30.4 Å². The lowest BCUT2D eigenvalue weighted by Crippen LogP contribution is -2.47. The van der Waals surface area contributed by atoms with E-state index >= 15 is 0 Å². The molecule has 1 N–H and O–H groups in total. The van der Waals surface area contributed by atoms with E-state index < -0.39 is 6.10 Å². The molecule has 1 aliphatic rings. The van der Waals surface area contributed by atoms with Crippen LogP contribution >= 0.6 is 0 Å². The monoisotopic (exact) mass is 338 g/mol. The second-order valence-electron chi connectivity index (χ2n) is 6.85. The van der Waals surface area contributed by atoms with Crippen LogP contribution in [0.2, 0.25) is 0 Å². The van der Waals surface area contributed by atoms with Crippen LogP contribution in [-0.4, -0.2) is 40.1 Å². The minimum absolute atomic E-state index is 0.159. The summed E-state index contributed by atoms with van der Waals surface area (Å²) in [5, 5.41) is 10.5. The number of hydrogen-bond donors (Lipinski definition) is 1. The number of piperidine rings is 1. The number of aliphatic hydroxyl groups excluding tert-OH is 1. The Kier molecular flexibility index (Phi) is 6.18. The third-order valence-corrected chi connectivity index (χ3v) is 5.02. The number of β-amino-alcohol motifs (C(OH)–C–C–N with tert-alkyl or cyclic N) is 1. The number of hydrogen-bond acceptors (Lipinski definition) is 3. The number of carbonyl (C=O) groups excluding carboxylic acids is 1. The Bertz CT molecular complexity index is 660. The fourth-order valence-corrected chi connectivity index (χ4v) is 3.51. The van der Waals surface area contributed by atoms with E-state index in [1.165, 1.54) is 11.1 Å². The summed E-state index contributed by atoms with van der Waals surface area (Å²) in [7, 11) is 0. The van der Waals surface area contributed by atoms with Crippen molar-refractivity contribution in [2.45, 2.75) is 38.2 Å². The summed E-state index contributed by atoms with van der Waals surface area (Å²) in [5.41, 5.74) is 2.47. The molecule has 3 rings (SSSR count). The molecule has 1 aromatic heterocycles. The zero-order chi connectivity index (χ0) is 17.5. The van der Waals surface area contributed by atoms with Gasteiger partial charge in [-0.1, -0.05) is 30.3 Å². The number of nitrogens with zero attached hydrogens (tertiary/aromatic N) is 2. The predicted molar refractivity (Wildman–Crippen MR) is 98.0 cm³/mol. The smallest absolute Gasteiger partial charge is 0.222 e. The number of aromatic nitrogens is 1. The summed E-state index contributed by atoms with van der Waals surface area (Å²) in [6.45, 7) is 1.22. The topological polar surface area (TPSA) is 53.4 Å². The summed E-state index contributed by atoms with van der Waals surface area (Å²) in [4.78, 5) is 18.2. The van der Waals surface area contributed by atoms with E-state index in [2.05, 4.69) is 17.1 Å². The molecular formula is C21H26N2O2. The molecule has 132 valence electrons. The number of carbonyl (C=O) groups is 1. The van der Waals surface area contributed by atoms with E-state index in [4.69, 9.17) is 0 Å². The quantitative estimate of drug-likeness (QED) is 0.881. The standard InChI is InChI=1S/C21H26N2O2/c24-20-16-23(14-11-19(20)15-18-5-2-1-3-6-18)21(25)8-4-7-17-9-12-22-13-10-17/h1-3,5-6,9-10,12-13,19-20,24H,4,7-8,11,14-16H2/t19-,20-/m1/s1. The van der Waals surface area contributed by atoms with Crippen molar-refractivity contribution in [3.8, 4) is 0 Å². The number of aryl methyl sites for hydroxylation is 1. The van der Waals surface area contributed by atoms with Gasteiger partial charge in [0.1, 0.15) is 0 Å². The van der Waals surface area contributed by atoms with Gasteiger partial charge in [0.15, 0.2) is 0 Å². The summed E-state index contributed by atoms with van der Waals surface area (Å²) in [5.74, 6) is 0.398. The first-order valence-electron chi connectivity index (χ1n) is 9.11. The summed E-state index contributed by atoms with van der Waals surface area (Å²) in [6, 6.07) is 14.2. The van der Waals surface area contributed by atoms with Gasteiger partial charge in [-0.15, -0.1) is 0 Å². The number of aliphatic hydroxyl groups is 1. The maximum atomic E-state index is 12.4. The molecule has 1 aromatic carbocycles. The van der Waals surface area contributed by atoms with Crippen molar-refractivity contribution in [2.75, 3.05) is 13.1 Å². The van der Waals surface area contributed by atoms with Gasteiger partial charge in [-0.3, -0.25) is 9.78 Å². The second kappa shape index (κ2) is 8.77. The second-order valence-corrected chi connectivity index (χ2v) is 6.85. The van der Waals surface area contributed by atoms with Gasteiger partial charge in [0.25, 0.3) is 0 Å². The van der Waals surface area contributed by atoms with Gasteiger partial charge in [-0.2, -0.15) is 0 Å².